The van der Waals surface area contributed by atoms with Crippen LogP contribution < -0.4 is 10.5 Å². The number of benzene rings is 1. The fourth-order valence-corrected chi connectivity index (χ4v) is 6.30. The highest BCUT2D eigenvalue weighted by atomic mass is 32.1. The number of fused-ring (bicyclic) bond motifs is 1. The number of amides is 2. The summed E-state index contributed by atoms with van der Waals surface area (Å²) in [6.45, 7) is 9.19. The average Bonchev–Trinajstić information content (AvgIpc) is 3.36. The minimum absolute atomic E-state index is 0.126. The number of ether oxygens (including phenoxy) is 3. The van der Waals surface area contributed by atoms with Crippen LogP contribution in [0.2, 0.25) is 0 Å². The van der Waals surface area contributed by atoms with Crippen molar-refractivity contribution in [2.24, 2.45) is 5.73 Å². The molecule has 1 aromatic carbocycles. The van der Waals surface area contributed by atoms with Gasteiger partial charge in [0.05, 0.1) is 12.2 Å². The zero-order valence-electron chi connectivity index (χ0n) is 24.5. The number of hydrogen-bond donors (Lipinski definition) is 1. The topological polar surface area (TPSA) is 130 Å². The second-order valence-electron chi connectivity index (χ2n) is 11.4. The van der Waals surface area contributed by atoms with Crippen molar-refractivity contribution in [3.63, 3.8) is 0 Å². The monoisotopic (exact) mass is 589 g/mol. The van der Waals surface area contributed by atoms with Crippen LogP contribution in [0.1, 0.15) is 55.7 Å². The van der Waals surface area contributed by atoms with Crippen molar-refractivity contribution in [1.82, 2.24) is 19.9 Å². The molecule has 0 unspecified atom stereocenters. The molecule has 4 heterocycles. The van der Waals surface area contributed by atoms with Gasteiger partial charge in [-0.1, -0.05) is 12.1 Å². The zero-order chi connectivity index (χ0) is 30.0. The van der Waals surface area contributed by atoms with E-state index in [1.54, 1.807) is 41.9 Å². The minimum Gasteiger partial charge on any atom is -0.444 e. The summed E-state index contributed by atoms with van der Waals surface area (Å²) in [6, 6.07) is 7.89. The molecule has 3 aromatic heterocycles. The molecule has 0 saturated carbocycles. The van der Waals surface area contributed by atoms with Crippen LogP contribution in [0.15, 0.2) is 42.9 Å². The average molecular weight is 590 g/mol. The largest absolute Gasteiger partial charge is 0.444 e. The van der Waals surface area contributed by atoms with Crippen LogP contribution in [-0.4, -0.2) is 57.9 Å². The van der Waals surface area contributed by atoms with E-state index in [9.17, 15) is 9.59 Å². The summed E-state index contributed by atoms with van der Waals surface area (Å²) in [4.78, 5) is 40.9. The molecule has 1 saturated heterocycles. The Labute approximate surface area is 248 Å². The maximum atomic E-state index is 12.8. The van der Waals surface area contributed by atoms with Crippen LogP contribution in [0.4, 0.5) is 9.59 Å². The molecule has 4 aromatic rings. The van der Waals surface area contributed by atoms with Gasteiger partial charge in [0.25, 0.3) is 0 Å². The van der Waals surface area contributed by atoms with Crippen LogP contribution >= 0.6 is 11.3 Å². The summed E-state index contributed by atoms with van der Waals surface area (Å²) in [5.74, 6) is 0.394. The molecule has 0 spiro atoms. The number of aromatic nitrogens is 3. The first-order chi connectivity index (χ1) is 20.0. The first kappa shape index (κ1) is 29.4. The molecular weight excluding hydrogens is 554 g/mol. The highest BCUT2D eigenvalue weighted by Gasteiger charge is 2.27. The number of thiazole rings is 1. The molecule has 0 aliphatic carbocycles. The van der Waals surface area contributed by atoms with E-state index in [0.29, 0.717) is 25.1 Å². The number of carbonyl (C=O) groups excluding carboxylic acids is 2. The summed E-state index contributed by atoms with van der Waals surface area (Å²) in [6.07, 6.45) is 5.61. The van der Waals surface area contributed by atoms with Crippen LogP contribution in [-0.2, 0) is 16.0 Å². The predicted molar refractivity (Wildman–Crippen MR) is 162 cm³/mol. The van der Waals surface area contributed by atoms with Crippen molar-refractivity contribution in [2.45, 2.75) is 58.6 Å². The number of nitrogens with two attached hydrogens (primary N) is 1. The van der Waals surface area contributed by atoms with Crippen molar-refractivity contribution >= 4 is 34.3 Å². The van der Waals surface area contributed by atoms with E-state index >= 15 is 0 Å². The van der Waals surface area contributed by atoms with Gasteiger partial charge in [-0.3, -0.25) is 4.98 Å². The Kier molecular flexibility index (Phi) is 8.42. The Balaban J connectivity index is 1.60. The molecule has 1 aliphatic heterocycles. The summed E-state index contributed by atoms with van der Waals surface area (Å²) < 4.78 is 16.5. The Hall–Kier alpha value is -4.09. The number of nitrogens with zero attached hydrogens (tertiary/aromatic N) is 4. The van der Waals surface area contributed by atoms with Gasteiger partial charge in [0.2, 0.25) is 5.88 Å². The normalized spacial score (nSPS) is 14.1. The van der Waals surface area contributed by atoms with Gasteiger partial charge in [0.1, 0.15) is 10.6 Å². The van der Waals surface area contributed by atoms with Crippen LogP contribution in [0.5, 0.6) is 5.88 Å². The number of pyridine rings is 2. The van der Waals surface area contributed by atoms with Crippen LogP contribution in [0, 0.1) is 6.92 Å². The molecule has 1 aliphatic rings. The number of carbonyl (C=O) groups is 2. The van der Waals surface area contributed by atoms with Gasteiger partial charge in [0, 0.05) is 54.7 Å². The van der Waals surface area contributed by atoms with Gasteiger partial charge in [-0.2, -0.15) is 0 Å². The quantitative estimate of drug-likeness (QED) is 0.272. The third-order valence-corrected chi connectivity index (χ3v) is 8.32. The molecule has 1 fully saturated rings. The van der Waals surface area contributed by atoms with Gasteiger partial charge in [0.15, 0.2) is 0 Å². The minimum atomic E-state index is -0.939. The van der Waals surface area contributed by atoms with E-state index in [1.165, 1.54) is 0 Å². The standard InChI is InChI=1S/C31H35N5O5S/c1-18-15-33-11-8-21(18)20-6-7-22-23(14-20)27(40-29(32)37)34-16-24(22)28-35-25(17-36(5)30(38)41-31(2,3)4)26(42-28)19-9-12-39-13-10-19/h6-8,11,14-16,19H,9-10,12-13,17H2,1-5H3,(H2,32,37). The van der Waals surface area contributed by atoms with Crippen LogP contribution in [0.25, 0.3) is 32.5 Å². The van der Waals surface area contributed by atoms with E-state index in [1.807, 2.05) is 52.0 Å². The molecule has 0 radical (unpaired) electrons. The summed E-state index contributed by atoms with van der Waals surface area (Å²) >= 11 is 1.60. The van der Waals surface area contributed by atoms with E-state index in [2.05, 4.69) is 9.97 Å². The second-order valence-corrected chi connectivity index (χ2v) is 12.4. The van der Waals surface area contributed by atoms with Gasteiger partial charge >= 0.3 is 12.2 Å². The Morgan fingerprint density at radius 1 is 1.12 bits per heavy atom. The smallest absolute Gasteiger partial charge is 0.411 e. The Bertz CT molecular complexity index is 1620. The van der Waals surface area contributed by atoms with Gasteiger partial charge in [-0.25, -0.2) is 19.6 Å². The predicted octanol–water partition coefficient (Wildman–Crippen LogP) is 6.45. The lowest BCUT2D eigenvalue weighted by atomic mass is 9.97. The molecular formula is C31H35N5O5S. The number of primary amides is 1. The van der Waals surface area contributed by atoms with Crippen molar-refractivity contribution in [3.8, 4) is 27.6 Å². The third-order valence-electron chi connectivity index (χ3n) is 7.02. The molecule has 10 nitrogen and oxygen atoms in total. The lowest BCUT2D eigenvalue weighted by Gasteiger charge is -2.25. The molecule has 0 bridgehead atoms. The molecule has 11 heteroatoms. The second kappa shape index (κ2) is 12.0. The molecule has 2 N–H and O–H groups in total. The van der Waals surface area contributed by atoms with E-state index in [0.717, 1.165) is 56.1 Å². The van der Waals surface area contributed by atoms with E-state index < -0.39 is 17.8 Å². The van der Waals surface area contributed by atoms with Crippen LogP contribution in [0.3, 0.4) is 0 Å². The summed E-state index contributed by atoms with van der Waals surface area (Å²) in [7, 11) is 1.72. The van der Waals surface area contributed by atoms with Crippen molar-refractivity contribution in [1.29, 1.82) is 0 Å². The SMILES string of the molecule is Cc1cnccc1-c1ccc2c(-c3nc(CN(C)C(=O)OC(C)(C)C)c(C4CCOCC4)s3)cnc(OC(N)=O)c2c1. The van der Waals surface area contributed by atoms with E-state index in [4.69, 9.17) is 24.9 Å². The first-order valence-electron chi connectivity index (χ1n) is 13.8. The molecule has 42 heavy (non-hydrogen) atoms. The van der Waals surface area contributed by atoms with E-state index in [-0.39, 0.29) is 11.8 Å². The molecule has 2 amide bonds. The molecule has 220 valence electrons. The Morgan fingerprint density at radius 3 is 2.57 bits per heavy atom. The Morgan fingerprint density at radius 2 is 1.88 bits per heavy atom. The van der Waals surface area contributed by atoms with Gasteiger partial charge in [-0.05, 0) is 80.7 Å². The summed E-state index contributed by atoms with van der Waals surface area (Å²) in [5.41, 5.74) is 9.34. The highest BCUT2D eigenvalue weighted by molar-refractivity contribution is 7.15. The molecule has 0 atom stereocenters. The maximum absolute atomic E-state index is 12.8. The third kappa shape index (κ3) is 6.52. The zero-order valence-corrected chi connectivity index (χ0v) is 25.3. The summed E-state index contributed by atoms with van der Waals surface area (Å²) in [5, 5.41) is 2.21. The van der Waals surface area contributed by atoms with Crippen molar-refractivity contribution < 1.29 is 23.8 Å². The first-order valence-corrected chi connectivity index (χ1v) is 14.6. The molecule has 5 rings (SSSR count). The number of hydrogen-bond acceptors (Lipinski definition) is 9. The highest BCUT2D eigenvalue weighted by Crippen LogP contribution is 2.42. The number of rotatable bonds is 6. The fraction of sp³-hybridized carbons (Fsp3) is 0.387. The van der Waals surface area contributed by atoms with Gasteiger partial charge < -0.3 is 24.8 Å². The van der Waals surface area contributed by atoms with Crippen molar-refractivity contribution in [2.75, 3.05) is 20.3 Å². The lowest BCUT2D eigenvalue weighted by molar-refractivity contribution is 0.0282. The maximum Gasteiger partial charge on any atom is 0.411 e. The van der Waals surface area contributed by atoms with Crippen molar-refractivity contribution in [3.05, 3.63) is 59.0 Å². The van der Waals surface area contributed by atoms with Gasteiger partial charge in [-0.15, -0.1) is 11.3 Å². The number of aryl methyl sites for hydroxylation is 1. The fourth-order valence-electron chi connectivity index (χ4n) is 5.03. The lowest BCUT2D eigenvalue weighted by Crippen LogP contribution is -2.34.